The van der Waals surface area contributed by atoms with Gasteiger partial charge in [0.2, 0.25) is 5.91 Å². The zero-order valence-corrected chi connectivity index (χ0v) is 10.4. The van der Waals surface area contributed by atoms with E-state index in [0.29, 0.717) is 6.54 Å². The van der Waals surface area contributed by atoms with Crippen LogP contribution in [0.5, 0.6) is 0 Å². The number of hydrogen-bond acceptors (Lipinski definition) is 3. The summed E-state index contributed by atoms with van der Waals surface area (Å²) in [4.78, 5) is 11.3. The molecule has 1 atom stereocenters. The van der Waals surface area contributed by atoms with Crippen LogP contribution in [0.2, 0.25) is 0 Å². The van der Waals surface area contributed by atoms with Crippen molar-refractivity contribution in [2.75, 3.05) is 13.1 Å². The first-order chi connectivity index (χ1) is 8.04. The average molecular weight is 236 g/mol. The summed E-state index contributed by atoms with van der Waals surface area (Å²) < 4.78 is 0. The zero-order chi connectivity index (χ0) is 12.8. The van der Waals surface area contributed by atoms with Crippen LogP contribution in [0.1, 0.15) is 16.7 Å². The van der Waals surface area contributed by atoms with Crippen molar-refractivity contribution in [3.8, 4) is 0 Å². The molecule has 17 heavy (non-hydrogen) atoms. The van der Waals surface area contributed by atoms with Crippen molar-refractivity contribution < 1.29 is 9.90 Å². The Morgan fingerprint density at radius 1 is 1.47 bits per heavy atom. The normalized spacial score (nSPS) is 12.2. The summed E-state index contributed by atoms with van der Waals surface area (Å²) >= 11 is 0. The minimum absolute atomic E-state index is 0.0462. The van der Waals surface area contributed by atoms with Crippen molar-refractivity contribution in [1.82, 2.24) is 5.32 Å². The van der Waals surface area contributed by atoms with Gasteiger partial charge in [-0.25, -0.2) is 0 Å². The average Bonchev–Trinajstić information content (AvgIpc) is 2.30. The van der Waals surface area contributed by atoms with Gasteiger partial charge in [-0.1, -0.05) is 23.8 Å². The van der Waals surface area contributed by atoms with Gasteiger partial charge < -0.3 is 16.2 Å². The van der Waals surface area contributed by atoms with E-state index in [4.69, 9.17) is 5.73 Å². The molecule has 0 aliphatic carbocycles. The van der Waals surface area contributed by atoms with E-state index in [0.717, 1.165) is 6.42 Å². The predicted molar refractivity (Wildman–Crippen MR) is 67.7 cm³/mol. The molecular weight excluding hydrogens is 216 g/mol. The molecule has 1 aromatic carbocycles. The van der Waals surface area contributed by atoms with E-state index in [2.05, 4.69) is 37.4 Å². The number of carbonyl (C=O) groups excluding carboxylic acids is 1. The molecule has 4 N–H and O–H groups in total. The van der Waals surface area contributed by atoms with E-state index < -0.39 is 12.0 Å². The fourth-order valence-corrected chi connectivity index (χ4v) is 1.67. The van der Waals surface area contributed by atoms with E-state index in [1.54, 1.807) is 0 Å². The maximum absolute atomic E-state index is 11.3. The molecule has 0 fully saturated rings. The highest BCUT2D eigenvalue weighted by atomic mass is 16.3. The van der Waals surface area contributed by atoms with Gasteiger partial charge >= 0.3 is 0 Å². The van der Waals surface area contributed by atoms with Crippen LogP contribution in [0.4, 0.5) is 0 Å². The molecule has 94 valence electrons. The summed E-state index contributed by atoms with van der Waals surface area (Å²) in [6.45, 7) is 4.57. The minimum Gasteiger partial charge on any atom is -0.382 e. The van der Waals surface area contributed by atoms with Gasteiger partial charge in [-0.05, 0) is 31.4 Å². The third-order valence-electron chi connectivity index (χ3n) is 2.72. The standard InChI is InChI=1S/C13H20N2O2/c1-9-3-4-11(10(2)7-9)5-6-15-13(17)12(16)8-14/h3-4,7,12,16H,5-6,8,14H2,1-2H3,(H,15,17). The van der Waals surface area contributed by atoms with Gasteiger partial charge in [-0.3, -0.25) is 4.79 Å². The van der Waals surface area contributed by atoms with E-state index in [1.165, 1.54) is 16.7 Å². The second-order valence-corrected chi connectivity index (χ2v) is 4.22. The Morgan fingerprint density at radius 3 is 2.76 bits per heavy atom. The third kappa shape index (κ3) is 4.17. The summed E-state index contributed by atoms with van der Waals surface area (Å²) in [6, 6.07) is 6.24. The molecule has 1 aromatic rings. The zero-order valence-electron chi connectivity index (χ0n) is 10.4. The Hall–Kier alpha value is -1.39. The number of nitrogens with one attached hydrogen (secondary N) is 1. The first-order valence-corrected chi connectivity index (χ1v) is 5.76. The highest BCUT2D eigenvalue weighted by molar-refractivity contribution is 5.80. The number of carbonyl (C=O) groups is 1. The van der Waals surface area contributed by atoms with Crippen molar-refractivity contribution in [2.24, 2.45) is 5.73 Å². The van der Waals surface area contributed by atoms with Gasteiger partial charge in [0.25, 0.3) is 0 Å². The van der Waals surface area contributed by atoms with E-state index in [-0.39, 0.29) is 6.54 Å². The molecule has 0 spiro atoms. The SMILES string of the molecule is Cc1ccc(CCNC(=O)C(O)CN)c(C)c1. The topological polar surface area (TPSA) is 75.3 Å². The van der Waals surface area contributed by atoms with Crippen LogP contribution in [-0.4, -0.2) is 30.2 Å². The lowest BCUT2D eigenvalue weighted by atomic mass is 10.0. The van der Waals surface area contributed by atoms with E-state index in [9.17, 15) is 9.90 Å². The molecule has 0 radical (unpaired) electrons. The van der Waals surface area contributed by atoms with Crippen molar-refractivity contribution in [3.05, 3.63) is 34.9 Å². The molecule has 0 aliphatic heterocycles. The summed E-state index contributed by atoms with van der Waals surface area (Å²) in [6.07, 6.45) is -0.344. The second kappa shape index (κ2) is 6.37. The van der Waals surface area contributed by atoms with Gasteiger partial charge in [0.1, 0.15) is 6.10 Å². The van der Waals surface area contributed by atoms with Crippen LogP contribution in [-0.2, 0) is 11.2 Å². The van der Waals surface area contributed by atoms with Crippen molar-refractivity contribution >= 4 is 5.91 Å². The smallest absolute Gasteiger partial charge is 0.250 e. The number of nitrogens with two attached hydrogens (primary N) is 1. The first kappa shape index (κ1) is 13.7. The monoisotopic (exact) mass is 236 g/mol. The largest absolute Gasteiger partial charge is 0.382 e. The molecule has 4 nitrogen and oxygen atoms in total. The molecule has 1 amide bonds. The Morgan fingerprint density at radius 2 is 2.18 bits per heavy atom. The number of amides is 1. The van der Waals surface area contributed by atoms with Gasteiger partial charge in [-0.2, -0.15) is 0 Å². The van der Waals surface area contributed by atoms with Crippen LogP contribution >= 0.6 is 0 Å². The van der Waals surface area contributed by atoms with Gasteiger partial charge in [-0.15, -0.1) is 0 Å². The molecule has 4 heteroatoms. The van der Waals surface area contributed by atoms with Crippen LogP contribution in [0.25, 0.3) is 0 Å². The highest BCUT2D eigenvalue weighted by Gasteiger charge is 2.11. The van der Waals surface area contributed by atoms with Crippen LogP contribution in [0.3, 0.4) is 0 Å². The van der Waals surface area contributed by atoms with Crippen LogP contribution in [0, 0.1) is 13.8 Å². The quantitative estimate of drug-likeness (QED) is 0.687. The lowest BCUT2D eigenvalue weighted by Gasteiger charge is -2.10. The number of hydrogen-bond donors (Lipinski definition) is 3. The first-order valence-electron chi connectivity index (χ1n) is 5.76. The molecular formula is C13H20N2O2. The van der Waals surface area contributed by atoms with Crippen LogP contribution < -0.4 is 11.1 Å². The van der Waals surface area contributed by atoms with E-state index >= 15 is 0 Å². The number of aliphatic hydroxyl groups is 1. The van der Waals surface area contributed by atoms with Crippen molar-refractivity contribution in [2.45, 2.75) is 26.4 Å². The molecule has 0 aromatic heterocycles. The fraction of sp³-hybridized carbons (Fsp3) is 0.462. The molecule has 0 heterocycles. The third-order valence-corrected chi connectivity index (χ3v) is 2.72. The predicted octanol–water partition coefficient (Wildman–Crippen LogP) is 0.282. The fourth-order valence-electron chi connectivity index (χ4n) is 1.67. The van der Waals surface area contributed by atoms with Crippen molar-refractivity contribution in [1.29, 1.82) is 0 Å². The Kier molecular flexibility index (Phi) is 5.12. The lowest BCUT2D eigenvalue weighted by molar-refractivity contribution is -0.128. The van der Waals surface area contributed by atoms with Crippen molar-refractivity contribution in [3.63, 3.8) is 0 Å². The van der Waals surface area contributed by atoms with Gasteiger partial charge in [0, 0.05) is 13.1 Å². The second-order valence-electron chi connectivity index (χ2n) is 4.22. The molecule has 0 bridgehead atoms. The lowest BCUT2D eigenvalue weighted by Crippen LogP contribution is -2.40. The Bertz CT molecular complexity index is 391. The highest BCUT2D eigenvalue weighted by Crippen LogP contribution is 2.10. The molecule has 0 saturated heterocycles. The molecule has 1 rings (SSSR count). The van der Waals surface area contributed by atoms with Crippen LogP contribution in [0.15, 0.2) is 18.2 Å². The van der Waals surface area contributed by atoms with Gasteiger partial charge in [0.05, 0.1) is 0 Å². The molecule has 1 unspecified atom stereocenters. The number of rotatable bonds is 5. The molecule has 0 saturated carbocycles. The van der Waals surface area contributed by atoms with Gasteiger partial charge in [0.15, 0.2) is 0 Å². The summed E-state index contributed by atoms with van der Waals surface area (Å²) in [5.74, 6) is -0.405. The van der Waals surface area contributed by atoms with E-state index in [1.807, 2.05) is 0 Å². The number of aliphatic hydroxyl groups excluding tert-OH is 1. The Balaban J connectivity index is 2.43. The molecule has 0 aliphatic rings. The Labute approximate surface area is 102 Å². The summed E-state index contributed by atoms with van der Waals surface area (Å²) in [5.41, 5.74) is 8.84. The number of aryl methyl sites for hydroxylation is 2. The maximum atomic E-state index is 11.3. The number of benzene rings is 1. The minimum atomic E-state index is -1.10. The summed E-state index contributed by atoms with van der Waals surface area (Å²) in [5, 5.41) is 11.8. The summed E-state index contributed by atoms with van der Waals surface area (Å²) in [7, 11) is 0. The maximum Gasteiger partial charge on any atom is 0.250 e.